The lowest BCUT2D eigenvalue weighted by Gasteiger charge is -2.00. The average Bonchev–Trinajstić information content (AvgIpc) is 2.38. The molecule has 0 aromatic heterocycles. The highest BCUT2D eigenvalue weighted by Gasteiger charge is 1.95. The fraction of sp³-hybridized carbons (Fsp3) is 0.250. The SMILES string of the molecule is COc1ccc(C)c(Cl)c1.Cc1ccc(Br)cc1C. The molecule has 0 heterocycles. The number of hydrogen-bond donors (Lipinski definition) is 0. The van der Waals surface area contributed by atoms with Crippen LogP contribution in [0.4, 0.5) is 0 Å². The average molecular weight is 342 g/mol. The second-order valence-corrected chi connectivity index (χ2v) is 5.67. The molecule has 0 aliphatic carbocycles. The van der Waals surface area contributed by atoms with Crippen LogP contribution in [-0.2, 0) is 0 Å². The van der Waals surface area contributed by atoms with Gasteiger partial charge in [-0.15, -0.1) is 0 Å². The van der Waals surface area contributed by atoms with Gasteiger partial charge in [-0.2, -0.15) is 0 Å². The predicted molar refractivity (Wildman–Crippen MR) is 86.4 cm³/mol. The second-order valence-electron chi connectivity index (χ2n) is 4.34. The number of hydrogen-bond acceptors (Lipinski definition) is 1. The number of benzene rings is 2. The molecule has 1 nitrogen and oxygen atoms in total. The van der Waals surface area contributed by atoms with Gasteiger partial charge in [-0.25, -0.2) is 0 Å². The van der Waals surface area contributed by atoms with Crippen molar-refractivity contribution in [3.8, 4) is 5.75 Å². The van der Waals surface area contributed by atoms with Crippen molar-refractivity contribution in [3.05, 3.63) is 62.6 Å². The van der Waals surface area contributed by atoms with Gasteiger partial charge in [0, 0.05) is 9.50 Å². The lowest BCUT2D eigenvalue weighted by molar-refractivity contribution is 0.414. The molecule has 0 saturated heterocycles. The van der Waals surface area contributed by atoms with Gasteiger partial charge in [0.1, 0.15) is 5.75 Å². The molecule has 0 unspecified atom stereocenters. The molecule has 19 heavy (non-hydrogen) atoms. The molecule has 2 rings (SSSR count). The number of halogens is 2. The Morgan fingerprint density at radius 3 is 2.00 bits per heavy atom. The minimum atomic E-state index is 0.749. The van der Waals surface area contributed by atoms with Crippen LogP contribution in [-0.4, -0.2) is 7.11 Å². The van der Waals surface area contributed by atoms with Crippen LogP contribution in [0.5, 0.6) is 5.75 Å². The zero-order valence-corrected chi connectivity index (χ0v) is 14.0. The largest absolute Gasteiger partial charge is 0.497 e. The standard InChI is InChI=1S/C8H9Br.C8H9ClO/c1-6-3-4-8(9)5-7(6)2;1-6-3-4-7(10-2)5-8(6)9/h3-5H,1-2H3;3-5H,1-2H3. The maximum absolute atomic E-state index is 5.81. The molecule has 0 radical (unpaired) electrons. The molecule has 0 atom stereocenters. The number of aryl methyl sites for hydroxylation is 3. The Balaban J connectivity index is 0.000000191. The Morgan fingerprint density at radius 2 is 1.53 bits per heavy atom. The minimum absolute atomic E-state index is 0.749. The Bertz CT molecular complexity index is 552. The summed E-state index contributed by atoms with van der Waals surface area (Å²) in [6, 6.07) is 11.9. The van der Waals surface area contributed by atoms with Gasteiger partial charge in [-0.05, 0) is 61.7 Å². The van der Waals surface area contributed by atoms with Crippen molar-refractivity contribution < 1.29 is 4.74 Å². The number of rotatable bonds is 1. The first-order valence-corrected chi connectivity index (χ1v) is 7.14. The van der Waals surface area contributed by atoms with E-state index in [1.54, 1.807) is 13.2 Å². The highest BCUT2D eigenvalue weighted by Crippen LogP contribution is 2.20. The molecule has 0 aliphatic rings. The van der Waals surface area contributed by atoms with Crippen LogP contribution < -0.4 is 4.74 Å². The number of methoxy groups -OCH3 is 1. The maximum Gasteiger partial charge on any atom is 0.120 e. The van der Waals surface area contributed by atoms with E-state index in [0.29, 0.717) is 0 Å². The normalized spacial score (nSPS) is 9.58. The highest BCUT2D eigenvalue weighted by molar-refractivity contribution is 9.10. The fourth-order valence-electron chi connectivity index (χ4n) is 1.41. The van der Waals surface area contributed by atoms with Gasteiger partial charge < -0.3 is 4.74 Å². The molecule has 2 aromatic rings. The minimum Gasteiger partial charge on any atom is -0.497 e. The molecule has 2 aromatic carbocycles. The molecule has 0 aliphatic heterocycles. The van der Waals surface area contributed by atoms with Crippen molar-refractivity contribution in [3.63, 3.8) is 0 Å². The van der Waals surface area contributed by atoms with Crippen molar-refractivity contribution in [2.45, 2.75) is 20.8 Å². The van der Waals surface area contributed by atoms with Crippen LogP contribution in [0.2, 0.25) is 5.02 Å². The van der Waals surface area contributed by atoms with Gasteiger partial charge in [0.2, 0.25) is 0 Å². The van der Waals surface area contributed by atoms with E-state index in [1.807, 2.05) is 19.1 Å². The third-order valence-corrected chi connectivity index (χ3v) is 3.75. The quantitative estimate of drug-likeness (QED) is 0.644. The van der Waals surface area contributed by atoms with E-state index in [1.165, 1.54) is 11.1 Å². The van der Waals surface area contributed by atoms with E-state index < -0.39 is 0 Å². The zero-order valence-electron chi connectivity index (χ0n) is 11.6. The van der Waals surface area contributed by atoms with Gasteiger partial charge in [0.05, 0.1) is 7.11 Å². The maximum atomic E-state index is 5.81. The molecule has 0 N–H and O–H groups in total. The molecule has 3 heteroatoms. The lowest BCUT2D eigenvalue weighted by atomic mass is 10.1. The Labute approximate surface area is 128 Å². The summed E-state index contributed by atoms with van der Waals surface area (Å²) < 4.78 is 6.12. The van der Waals surface area contributed by atoms with Crippen LogP contribution in [0.15, 0.2) is 40.9 Å². The number of ether oxygens (including phenoxy) is 1. The van der Waals surface area contributed by atoms with E-state index in [2.05, 4.69) is 48.0 Å². The summed E-state index contributed by atoms with van der Waals surface area (Å²) in [7, 11) is 1.63. The molecule has 0 bridgehead atoms. The second kappa shape index (κ2) is 7.56. The van der Waals surface area contributed by atoms with Crippen LogP contribution >= 0.6 is 27.5 Å². The first-order chi connectivity index (χ1) is 8.93. The van der Waals surface area contributed by atoms with E-state index in [0.717, 1.165) is 20.8 Å². The van der Waals surface area contributed by atoms with Crippen LogP contribution in [0, 0.1) is 20.8 Å². The Kier molecular flexibility index (Phi) is 6.40. The highest BCUT2D eigenvalue weighted by atomic mass is 79.9. The first kappa shape index (κ1) is 16.1. The first-order valence-electron chi connectivity index (χ1n) is 5.97. The predicted octanol–water partition coefficient (Wildman–Crippen LogP) is 5.72. The van der Waals surface area contributed by atoms with Gasteiger partial charge in [-0.3, -0.25) is 0 Å². The molecular weight excluding hydrogens is 324 g/mol. The fourth-order valence-corrected chi connectivity index (χ4v) is 2.05. The summed E-state index contributed by atoms with van der Waals surface area (Å²) in [6.45, 7) is 6.18. The van der Waals surface area contributed by atoms with E-state index in [-0.39, 0.29) is 0 Å². The lowest BCUT2D eigenvalue weighted by Crippen LogP contribution is -1.82. The van der Waals surface area contributed by atoms with Crippen molar-refractivity contribution in [2.24, 2.45) is 0 Å². The molecule has 0 amide bonds. The summed E-state index contributed by atoms with van der Waals surface area (Å²) in [4.78, 5) is 0. The molecule has 0 saturated carbocycles. The molecule has 0 spiro atoms. The van der Waals surface area contributed by atoms with E-state index >= 15 is 0 Å². The summed E-state index contributed by atoms with van der Waals surface area (Å²) >= 11 is 9.21. The van der Waals surface area contributed by atoms with Crippen molar-refractivity contribution in [1.82, 2.24) is 0 Å². The Hall–Kier alpha value is -0.990. The topological polar surface area (TPSA) is 9.23 Å². The monoisotopic (exact) mass is 340 g/mol. The zero-order chi connectivity index (χ0) is 14.4. The molecule has 0 fully saturated rings. The van der Waals surface area contributed by atoms with Gasteiger partial charge in [0.25, 0.3) is 0 Å². The van der Waals surface area contributed by atoms with E-state index in [9.17, 15) is 0 Å². The van der Waals surface area contributed by atoms with Crippen LogP contribution in [0.3, 0.4) is 0 Å². The van der Waals surface area contributed by atoms with Gasteiger partial charge >= 0.3 is 0 Å². The summed E-state index contributed by atoms with van der Waals surface area (Å²) in [5.41, 5.74) is 3.75. The van der Waals surface area contributed by atoms with Crippen LogP contribution in [0.1, 0.15) is 16.7 Å². The van der Waals surface area contributed by atoms with Crippen molar-refractivity contribution >= 4 is 27.5 Å². The van der Waals surface area contributed by atoms with Gasteiger partial charge in [0.15, 0.2) is 0 Å². The third kappa shape index (κ3) is 5.25. The molecule has 102 valence electrons. The van der Waals surface area contributed by atoms with Crippen LogP contribution in [0.25, 0.3) is 0 Å². The van der Waals surface area contributed by atoms with E-state index in [4.69, 9.17) is 16.3 Å². The molecular formula is C16H18BrClO. The van der Waals surface area contributed by atoms with Crippen molar-refractivity contribution in [1.29, 1.82) is 0 Å². The van der Waals surface area contributed by atoms with Gasteiger partial charge in [-0.1, -0.05) is 39.7 Å². The summed E-state index contributed by atoms with van der Waals surface area (Å²) in [5, 5.41) is 0.749. The third-order valence-electron chi connectivity index (χ3n) is 2.85. The van der Waals surface area contributed by atoms with Crippen molar-refractivity contribution in [2.75, 3.05) is 7.11 Å². The summed E-state index contributed by atoms with van der Waals surface area (Å²) in [5.74, 6) is 0.801. The summed E-state index contributed by atoms with van der Waals surface area (Å²) in [6.07, 6.45) is 0. The Morgan fingerprint density at radius 1 is 0.895 bits per heavy atom. The smallest absolute Gasteiger partial charge is 0.120 e.